The Kier molecular flexibility index (Phi) is 10.5. The molecule has 44 heavy (non-hydrogen) atoms. The highest BCUT2D eigenvalue weighted by atomic mass is 127. The third-order valence-corrected chi connectivity index (χ3v) is 9.52. The zero-order chi connectivity index (χ0) is 31.5. The average molecular weight is 855 g/mol. The highest BCUT2D eigenvalue weighted by Crippen LogP contribution is 2.36. The Morgan fingerprint density at radius 1 is 1.14 bits per heavy atom. The maximum absolute atomic E-state index is 14.3. The molecule has 1 atom stereocenters. The number of hydrogen-bond acceptors (Lipinski definition) is 7. The molecule has 11 heteroatoms. The number of carbonyl (C=O) groups is 1. The standard InChI is InChI=1S/C33H29ClI2N2O5S/c1-5-41-32(40)28-19(4)37-33-38(29(28)23-11-7-9-13-26(23)43-18(2)3)31(39)27(44-33)15-21-14-22(35)16-25(36)30(21)42-17-20-10-6-8-12-24(20)34/h6-16,18,29H,5,17H2,1-4H3/b27-15-/t29-/m1/s1. The van der Waals surface area contributed by atoms with Crippen molar-refractivity contribution in [3.05, 3.63) is 120 Å². The zero-order valence-corrected chi connectivity index (χ0v) is 30.3. The predicted molar refractivity (Wildman–Crippen MR) is 190 cm³/mol. The third-order valence-electron chi connectivity index (χ3n) is 6.75. The van der Waals surface area contributed by atoms with Crippen molar-refractivity contribution in [1.29, 1.82) is 0 Å². The molecule has 3 aromatic carbocycles. The van der Waals surface area contributed by atoms with E-state index >= 15 is 0 Å². The number of carbonyl (C=O) groups excluding carboxylic acids is 1. The van der Waals surface area contributed by atoms with Crippen LogP contribution in [0.3, 0.4) is 0 Å². The van der Waals surface area contributed by atoms with Gasteiger partial charge in [0.15, 0.2) is 4.80 Å². The van der Waals surface area contributed by atoms with Gasteiger partial charge in [0.1, 0.15) is 24.1 Å². The Morgan fingerprint density at radius 2 is 1.86 bits per heavy atom. The summed E-state index contributed by atoms with van der Waals surface area (Å²) in [6.07, 6.45) is 1.71. The summed E-state index contributed by atoms with van der Waals surface area (Å²) in [5, 5.41) is 0.623. The first-order chi connectivity index (χ1) is 21.1. The van der Waals surface area contributed by atoms with Crippen LogP contribution in [-0.4, -0.2) is 23.2 Å². The van der Waals surface area contributed by atoms with Gasteiger partial charge in [-0.15, -0.1) is 0 Å². The lowest BCUT2D eigenvalue weighted by atomic mass is 9.95. The lowest BCUT2D eigenvalue weighted by Crippen LogP contribution is -2.40. The summed E-state index contributed by atoms with van der Waals surface area (Å²) in [5.74, 6) is 0.711. The number of para-hydroxylation sites is 1. The normalized spacial score (nSPS) is 14.8. The molecule has 0 aliphatic carbocycles. The molecule has 0 amide bonds. The fourth-order valence-electron chi connectivity index (χ4n) is 4.90. The molecule has 228 valence electrons. The lowest BCUT2D eigenvalue weighted by molar-refractivity contribution is -0.139. The minimum Gasteiger partial charge on any atom is -0.491 e. The van der Waals surface area contributed by atoms with Crippen LogP contribution >= 0.6 is 68.1 Å². The molecule has 1 aliphatic heterocycles. The van der Waals surface area contributed by atoms with Gasteiger partial charge in [0, 0.05) is 25.3 Å². The van der Waals surface area contributed by atoms with E-state index in [9.17, 15) is 9.59 Å². The Morgan fingerprint density at radius 3 is 2.59 bits per heavy atom. The summed E-state index contributed by atoms with van der Waals surface area (Å²) in [6, 6.07) is 18.2. The number of halogens is 3. The predicted octanol–water partition coefficient (Wildman–Crippen LogP) is 7.03. The number of thiazole rings is 1. The molecule has 0 saturated heterocycles. The second-order valence-corrected chi connectivity index (χ2v) is 14.0. The van der Waals surface area contributed by atoms with Gasteiger partial charge in [-0.25, -0.2) is 9.79 Å². The van der Waals surface area contributed by atoms with Crippen LogP contribution in [0.4, 0.5) is 0 Å². The lowest BCUT2D eigenvalue weighted by Gasteiger charge is -2.26. The SMILES string of the molecule is CCOC(=O)C1=C(C)N=c2s/c(=C\c3cc(I)cc(I)c3OCc3ccccc3Cl)c(=O)n2[C@@H]1c1ccccc1OC(C)C. The van der Waals surface area contributed by atoms with Gasteiger partial charge in [0.05, 0.1) is 32.1 Å². The summed E-state index contributed by atoms with van der Waals surface area (Å²) in [7, 11) is 0. The fraction of sp³-hybridized carbons (Fsp3) is 0.242. The van der Waals surface area contributed by atoms with Crippen LogP contribution < -0.4 is 24.4 Å². The van der Waals surface area contributed by atoms with Crippen LogP contribution in [-0.2, 0) is 16.1 Å². The van der Waals surface area contributed by atoms with Gasteiger partial charge in [-0.1, -0.05) is 59.3 Å². The minimum absolute atomic E-state index is 0.115. The largest absolute Gasteiger partial charge is 0.491 e. The molecule has 0 unspecified atom stereocenters. The van der Waals surface area contributed by atoms with Crippen molar-refractivity contribution in [2.75, 3.05) is 6.61 Å². The molecular formula is C33H29ClI2N2O5S. The summed E-state index contributed by atoms with van der Waals surface area (Å²) in [6.45, 7) is 7.85. The van der Waals surface area contributed by atoms with E-state index in [-0.39, 0.29) is 24.9 Å². The van der Waals surface area contributed by atoms with Gasteiger partial charge in [-0.3, -0.25) is 9.36 Å². The molecule has 7 nitrogen and oxygen atoms in total. The number of esters is 1. The van der Waals surface area contributed by atoms with E-state index in [0.29, 0.717) is 42.7 Å². The number of ether oxygens (including phenoxy) is 3. The van der Waals surface area contributed by atoms with Crippen molar-refractivity contribution < 1.29 is 19.0 Å². The van der Waals surface area contributed by atoms with Crippen LogP contribution in [0.5, 0.6) is 11.5 Å². The highest BCUT2D eigenvalue weighted by molar-refractivity contribution is 14.1. The Balaban J connectivity index is 1.68. The van der Waals surface area contributed by atoms with Crippen molar-refractivity contribution in [3.8, 4) is 11.5 Å². The zero-order valence-electron chi connectivity index (χ0n) is 24.4. The van der Waals surface area contributed by atoms with Gasteiger partial charge < -0.3 is 14.2 Å². The van der Waals surface area contributed by atoms with E-state index < -0.39 is 12.0 Å². The number of nitrogens with zero attached hydrogens (tertiary/aromatic N) is 2. The summed E-state index contributed by atoms with van der Waals surface area (Å²) in [4.78, 5) is 32.8. The molecule has 5 rings (SSSR count). The van der Waals surface area contributed by atoms with Crippen molar-refractivity contribution >= 4 is 80.2 Å². The van der Waals surface area contributed by atoms with Crippen LogP contribution in [0.15, 0.2) is 81.7 Å². The molecule has 1 aromatic heterocycles. The first-order valence-corrected chi connectivity index (χ1v) is 17.2. The van der Waals surface area contributed by atoms with E-state index in [0.717, 1.165) is 18.3 Å². The van der Waals surface area contributed by atoms with E-state index in [1.54, 1.807) is 18.4 Å². The molecular weight excluding hydrogens is 826 g/mol. The fourth-order valence-corrected chi connectivity index (χ4v) is 8.17. The van der Waals surface area contributed by atoms with Crippen molar-refractivity contribution in [2.45, 2.75) is 46.4 Å². The van der Waals surface area contributed by atoms with Gasteiger partial charge >= 0.3 is 5.97 Å². The molecule has 0 N–H and O–H groups in total. The van der Waals surface area contributed by atoms with E-state index in [4.69, 9.17) is 30.8 Å². The molecule has 1 aliphatic rings. The number of allylic oxidation sites excluding steroid dienone is 1. The summed E-state index contributed by atoms with van der Waals surface area (Å²) >= 11 is 12.1. The number of aromatic nitrogens is 1. The maximum Gasteiger partial charge on any atom is 0.338 e. The van der Waals surface area contributed by atoms with Crippen LogP contribution in [0.1, 0.15) is 50.4 Å². The Labute approximate surface area is 291 Å². The van der Waals surface area contributed by atoms with Crippen LogP contribution in [0.25, 0.3) is 6.08 Å². The third kappa shape index (κ3) is 6.92. The second kappa shape index (κ2) is 14.2. The van der Waals surface area contributed by atoms with Gasteiger partial charge in [0.2, 0.25) is 0 Å². The highest BCUT2D eigenvalue weighted by Gasteiger charge is 2.35. The Bertz CT molecular complexity index is 1950. The summed E-state index contributed by atoms with van der Waals surface area (Å²) in [5.41, 5.74) is 2.81. The number of fused-ring (bicyclic) bond motifs is 1. The van der Waals surface area contributed by atoms with E-state index in [2.05, 4.69) is 45.2 Å². The first kappa shape index (κ1) is 32.7. The molecule has 0 spiro atoms. The second-order valence-electron chi connectivity index (χ2n) is 10.2. The van der Waals surface area contributed by atoms with Crippen molar-refractivity contribution in [2.24, 2.45) is 4.99 Å². The first-order valence-electron chi connectivity index (χ1n) is 13.9. The van der Waals surface area contributed by atoms with Crippen LogP contribution in [0, 0.1) is 7.14 Å². The molecule has 0 bridgehead atoms. The topological polar surface area (TPSA) is 79.1 Å². The molecule has 0 saturated carbocycles. The molecule has 0 radical (unpaired) electrons. The minimum atomic E-state index is -0.783. The number of hydrogen-bond donors (Lipinski definition) is 0. The number of benzene rings is 3. The van der Waals surface area contributed by atoms with E-state index in [1.165, 1.54) is 11.3 Å². The molecule has 0 fully saturated rings. The van der Waals surface area contributed by atoms with Gasteiger partial charge in [-0.05, 0) is 103 Å². The van der Waals surface area contributed by atoms with Gasteiger partial charge in [-0.2, -0.15) is 0 Å². The van der Waals surface area contributed by atoms with Gasteiger partial charge in [0.25, 0.3) is 5.56 Å². The smallest absolute Gasteiger partial charge is 0.338 e. The summed E-state index contributed by atoms with van der Waals surface area (Å²) < 4.78 is 21.8. The average Bonchev–Trinajstić information content (AvgIpc) is 3.26. The quantitative estimate of drug-likeness (QED) is 0.134. The molecule has 4 aromatic rings. The van der Waals surface area contributed by atoms with Crippen molar-refractivity contribution in [1.82, 2.24) is 4.57 Å². The molecule has 2 heterocycles. The Hall–Kier alpha value is -2.68. The monoisotopic (exact) mass is 854 g/mol. The van der Waals surface area contributed by atoms with Crippen LogP contribution in [0.2, 0.25) is 5.02 Å². The van der Waals surface area contributed by atoms with E-state index in [1.807, 2.05) is 80.6 Å². The number of rotatable bonds is 9. The maximum atomic E-state index is 14.3. The van der Waals surface area contributed by atoms with Crippen molar-refractivity contribution in [3.63, 3.8) is 0 Å².